The number of H-pyrrole nitrogens is 1. The summed E-state index contributed by atoms with van der Waals surface area (Å²) in [6.45, 7) is 2.97. The predicted octanol–water partition coefficient (Wildman–Crippen LogP) is 0.305. The molecule has 0 aliphatic rings. The summed E-state index contributed by atoms with van der Waals surface area (Å²) in [7, 11) is 0. The van der Waals surface area contributed by atoms with Crippen molar-refractivity contribution in [1.82, 2.24) is 14.9 Å². The van der Waals surface area contributed by atoms with Gasteiger partial charge in [0.15, 0.2) is 0 Å². The van der Waals surface area contributed by atoms with E-state index in [9.17, 15) is 24.3 Å². The minimum Gasteiger partial charge on any atom is -0.480 e. The molecule has 2 aromatic rings. The first-order valence-corrected chi connectivity index (χ1v) is 7.59. The third-order valence-electron chi connectivity index (χ3n) is 3.99. The summed E-state index contributed by atoms with van der Waals surface area (Å²) in [5.74, 6) is -2.14. The molecule has 128 valence electrons. The molecule has 0 aliphatic carbocycles. The Labute approximate surface area is 137 Å². The van der Waals surface area contributed by atoms with Crippen LogP contribution in [0.3, 0.4) is 0 Å². The lowest BCUT2D eigenvalue weighted by molar-refractivity contribution is -0.143. The number of amides is 1. The van der Waals surface area contributed by atoms with Gasteiger partial charge in [-0.25, -0.2) is 9.59 Å². The van der Waals surface area contributed by atoms with Crippen molar-refractivity contribution in [2.45, 2.75) is 32.9 Å². The summed E-state index contributed by atoms with van der Waals surface area (Å²) in [5, 5.41) is 11.8. The molecule has 3 N–H and O–H groups in total. The SMILES string of the molecule is CCC(C)[C@H](NC(=O)Cn1c(=O)[nH]c2ccccc2c1=O)C(=O)O. The Balaban J connectivity index is 2.29. The second kappa shape index (κ2) is 7.12. The fraction of sp³-hybridized carbons (Fsp3) is 0.375. The summed E-state index contributed by atoms with van der Waals surface area (Å²) in [5.41, 5.74) is -0.934. The minimum atomic E-state index is -1.16. The molecule has 8 heteroatoms. The van der Waals surface area contributed by atoms with E-state index < -0.39 is 35.7 Å². The van der Waals surface area contributed by atoms with Crippen LogP contribution in [0.2, 0.25) is 0 Å². The Kier molecular flexibility index (Phi) is 5.18. The molecule has 8 nitrogen and oxygen atoms in total. The highest BCUT2D eigenvalue weighted by molar-refractivity contribution is 5.84. The number of carboxylic acid groups (broad SMARTS) is 1. The second-order valence-corrected chi connectivity index (χ2v) is 5.64. The Hall–Kier alpha value is -2.90. The Bertz CT molecular complexity index is 883. The van der Waals surface area contributed by atoms with Gasteiger partial charge in [0.2, 0.25) is 5.91 Å². The largest absolute Gasteiger partial charge is 0.480 e. The fourth-order valence-corrected chi connectivity index (χ4v) is 2.39. The fourth-order valence-electron chi connectivity index (χ4n) is 2.39. The van der Waals surface area contributed by atoms with Gasteiger partial charge in [-0.15, -0.1) is 0 Å². The molecule has 0 bridgehead atoms. The van der Waals surface area contributed by atoms with E-state index in [1.165, 1.54) is 0 Å². The molecule has 0 aliphatic heterocycles. The van der Waals surface area contributed by atoms with Gasteiger partial charge < -0.3 is 15.4 Å². The number of nitrogens with one attached hydrogen (secondary N) is 2. The molecule has 0 saturated heterocycles. The van der Waals surface area contributed by atoms with E-state index >= 15 is 0 Å². The molecule has 24 heavy (non-hydrogen) atoms. The maximum atomic E-state index is 12.3. The van der Waals surface area contributed by atoms with Crippen LogP contribution in [-0.4, -0.2) is 32.6 Å². The highest BCUT2D eigenvalue weighted by Crippen LogP contribution is 2.08. The molecule has 1 aromatic carbocycles. The van der Waals surface area contributed by atoms with Crippen molar-refractivity contribution in [3.8, 4) is 0 Å². The van der Waals surface area contributed by atoms with Crippen molar-refractivity contribution < 1.29 is 14.7 Å². The summed E-state index contributed by atoms with van der Waals surface area (Å²) < 4.78 is 0.757. The molecule has 2 rings (SSSR count). The molecule has 0 fully saturated rings. The lowest BCUT2D eigenvalue weighted by atomic mass is 9.99. The molecular formula is C16H19N3O5. The summed E-state index contributed by atoms with van der Waals surface area (Å²) in [4.78, 5) is 50.2. The first-order chi connectivity index (χ1) is 11.3. The maximum Gasteiger partial charge on any atom is 0.329 e. The molecule has 0 saturated carbocycles. The van der Waals surface area contributed by atoms with Crippen molar-refractivity contribution in [1.29, 1.82) is 0 Å². The van der Waals surface area contributed by atoms with E-state index in [0.29, 0.717) is 11.9 Å². The normalized spacial score (nSPS) is 13.4. The van der Waals surface area contributed by atoms with Gasteiger partial charge >= 0.3 is 11.7 Å². The van der Waals surface area contributed by atoms with Crippen LogP contribution < -0.4 is 16.6 Å². The zero-order valence-corrected chi connectivity index (χ0v) is 13.4. The first kappa shape index (κ1) is 17.5. The Morgan fingerprint density at radius 3 is 2.58 bits per heavy atom. The van der Waals surface area contributed by atoms with Crippen LogP contribution >= 0.6 is 0 Å². The van der Waals surface area contributed by atoms with Gasteiger partial charge in [0.25, 0.3) is 5.56 Å². The number of fused-ring (bicyclic) bond motifs is 1. The number of carbonyl (C=O) groups excluding carboxylic acids is 1. The number of hydrogen-bond acceptors (Lipinski definition) is 4. The van der Waals surface area contributed by atoms with Crippen molar-refractivity contribution in [3.05, 3.63) is 45.1 Å². The van der Waals surface area contributed by atoms with E-state index in [-0.39, 0.29) is 11.3 Å². The summed E-state index contributed by atoms with van der Waals surface area (Å²) >= 11 is 0. The average molecular weight is 333 g/mol. The Morgan fingerprint density at radius 1 is 1.29 bits per heavy atom. The van der Waals surface area contributed by atoms with Gasteiger partial charge in [0.05, 0.1) is 10.9 Å². The third-order valence-corrected chi connectivity index (χ3v) is 3.99. The number of aromatic nitrogens is 2. The number of hydrogen-bond donors (Lipinski definition) is 3. The molecular weight excluding hydrogens is 314 g/mol. The number of carboxylic acids is 1. The van der Waals surface area contributed by atoms with Crippen molar-refractivity contribution in [3.63, 3.8) is 0 Å². The number of aromatic amines is 1. The third kappa shape index (κ3) is 3.53. The topological polar surface area (TPSA) is 121 Å². The number of nitrogens with zero attached hydrogens (tertiary/aromatic N) is 1. The number of carbonyl (C=O) groups is 2. The van der Waals surface area contributed by atoms with E-state index in [1.54, 1.807) is 31.2 Å². The van der Waals surface area contributed by atoms with E-state index in [4.69, 9.17) is 0 Å². The molecule has 1 unspecified atom stereocenters. The molecule has 0 radical (unpaired) electrons. The standard InChI is InChI=1S/C16H19N3O5/c1-3-9(2)13(15(22)23)18-12(20)8-19-14(21)10-6-4-5-7-11(10)17-16(19)24/h4-7,9,13H,3,8H2,1-2H3,(H,17,24)(H,18,20)(H,22,23)/t9?,13-/m0/s1. The number of rotatable bonds is 6. The lowest BCUT2D eigenvalue weighted by Gasteiger charge is -2.20. The highest BCUT2D eigenvalue weighted by atomic mass is 16.4. The zero-order chi connectivity index (χ0) is 17.9. The molecule has 1 aromatic heterocycles. The second-order valence-electron chi connectivity index (χ2n) is 5.64. The van der Waals surface area contributed by atoms with Gasteiger partial charge in [-0.1, -0.05) is 32.4 Å². The predicted molar refractivity (Wildman–Crippen MR) is 87.9 cm³/mol. The maximum absolute atomic E-state index is 12.3. The summed E-state index contributed by atoms with van der Waals surface area (Å²) in [6, 6.07) is 5.39. The highest BCUT2D eigenvalue weighted by Gasteiger charge is 2.25. The number of para-hydroxylation sites is 1. The van der Waals surface area contributed by atoms with Crippen molar-refractivity contribution in [2.75, 3.05) is 0 Å². The summed E-state index contributed by atoms with van der Waals surface area (Å²) in [6.07, 6.45) is 0.563. The monoisotopic (exact) mass is 333 g/mol. The van der Waals surface area contributed by atoms with E-state index in [1.807, 2.05) is 6.92 Å². The quantitative estimate of drug-likeness (QED) is 0.702. The van der Waals surface area contributed by atoms with E-state index in [2.05, 4.69) is 10.3 Å². The van der Waals surface area contributed by atoms with Crippen LogP contribution in [0, 0.1) is 5.92 Å². The van der Waals surface area contributed by atoms with Crippen LogP contribution in [0.1, 0.15) is 20.3 Å². The van der Waals surface area contributed by atoms with Gasteiger partial charge in [-0.2, -0.15) is 0 Å². The minimum absolute atomic E-state index is 0.279. The van der Waals surface area contributed by atoms with Crippen LogP contribution in [0.4, 0.5) is 0 Å². The zero-order valence-electron chi connectivity index (χ0n) is 13.4. The number of benzene rings is 1. The van der Waals surface area contributed by atoms with Gasteiger partial charge in [-0.3, -0.25) is 14.2 Å². The average Bonchev–Trinajstić information content (AvgIpc) is 2.55. The van der Waals surface area contributed by atoms with Crippen molar-refractivity contribution in [2.24, 2.45) is 5.92 Å². The smallest absolute Gasteiger partial charge is 0.329 e. The lowest BCUT2D eigenvalue weighted by Crippen LogP contribution is -2.48. The van der Waals surface area contributed by atoms with Gasteiger partial charge in [0, 0.05) is 0 Å². The Morgan fingerprint density at radius 2 is 1.96 bits per heavy atom. The van der Waals surface area contributed by atoms with Crippen molar-refractivity contribution >= 4 is 22.8 Å². The van der Waals surface area contributed by atoms with Crippen LogP contribution in [-0.2, 0) is 16.1 Å². The molecule has 1 heterocycles. The van der Waals surface area contributed by atoms with E-state index in [0.717, 1.165) is 4.57 Å². The van der Waals surface area contributed by atoms with Gasteiger partial charge in [-0.05, 0) is 18.1 Å². The van der Waals surface area contributed by atoms with Crippen LogP contribution in [0.25, 0.3) is 10.9 Å². The van der Waals surface area contributed by atoms with Crippen LogP contribution in [0.15, 0.2) is 33.9 Å². The first-order valence-electron chi connectivity index (χ1n) is 7.59. The van der Waals surface area contributed by atoms with Gasteiger partial charge in [0.1, 0.15) is 12.6 Å². The van der Waals surface area contributed by atoms with Crippen LogP contribution in [0.5, 0.6) is 0 Å². The molecule has 1 amide bonds. The molecule has 2 atom stereocenters. The number of aliphatic carboxylic acids is 1. The molecule has 0 spiro atoms.